The summed E-state index contributed by atoms with van der Waals surface area (Å²) in [5.41, 5.74) is 2.15. The molecule has 0 radical (unpaired) electrons. The number of thiazole rings is 1. The highest BCUT2D eigenvalue weighted by molar-refractivity contribution is 7.22. The first-order chi connectivity index (χ1) is 12.6. The number of halogens is 1. The molecular weight excluding hydrogens is 368 g/mol. The van der Waals surface area contributed by atoms with Gasteiger partial charge in [-0.15, -0.1) is 11.3 Å². The summed E-state index contributed by atoms with van der Waals surface area (Å²) < 4.78 is 0.970. The van der Waals surface area contributed by atoms with Gasteiger partial charge in [-0.2, -0.15) is 0 Å². The molecule has 3 aromatic rings. The minimum Gasteiger partial charge on any atom is -0.506 e. The Morgan fingerprint density at radius 1 is 1.23 bits per heavy atom. The molecule has 3 rings (SSSR count). The first-order valence-electron chi connectivity index (χ1n) is 8.66. The van der Waals surface area contributed by atoms with Gasteiger partial charge in [-0.25, -0.2) is 4.98 Å². The van der Waals surface area contributed by atoms with Crippen molar-refractivity contribution in [3.8, 4) is 5.75 Å². The van der Waals surface area contributed by atoms with Gasteiger partial charge in [0.05, 0.1) is 11.2 Å². The van der Waals surface area contributed by atoms with Crippen molar-refractivity contribution in [3.05, 3.63) is 58.1 Å². The predicted molar refractivity (Wildman–Crippen MR) is 107 cm³/mol. The molecule has 0 bridgehead atoms. The number of hydrogen-bond acceptors (Lipinski definition) is 5. The second kappa shape index (κ2) is 8.62. The minimum absolute atomic E-state index is 0.0161. The molecule has 0 aliphatic rings. The zero-order valence-electron chi connectivity index (χ0n) is 14.6. The van der Waals surface area contributed by atoms with Crippen molar-refractivity contribution in [1.82, 2.24) is 9.88 Å². The Balaban J connectivity index is 1.82. The van der Waals surface area contributed by atoms with Crippen LogP contribution in [0, 0.1) is 0 Å². The first kappa shape index (κ1) is 18.8. The van der Waals surface area contributed by atoms with E-state index in [1.165, 1.54) is 23.0 Å². The SMILES string of the molecule is CCCCN(CC(=O)c1ccc(O)c2nc(Cl)sc12)Cc1ccccc1. The largest absolute Gasteiger partial charge is 0.506 e. The van der Waals surface area contributed by atoms with Crippen molar-refractivity contribution in [2.24, 2.45) is 0 Å². The third-order valence-corrected chi connectivity index (χ3v) is 5.43. The third kappa shape index (κ3) is 4.41. The van der Waals surface area contributed by atoms with Crippen LogP contribution in [-0.4, -0.2) is 33.9 Å². The molecule has 0 saturated heterocycles. The predicted octanol–water partition coefficient (Wildman–Crippen LogP) is 5.14. The van der Waals surface area contributed by atoms with E-state index in [4.69, 9.17) is 11.6 Å². The number of carbonyl (C=O) groups is 1. The van der Waals surface area contributed by atoms with Gasteiger partial charge >= 0.3 is 0 Å². The molecule has 0 spiro atoms. The zero-order chi connectivity index (χ0) is 18.5. The number of unbranched alkanes of at least 4 members (excludes halogenated alkanes) is 1. The summed E-state index contributed by atoms with van der Waals surface area (Å²) in [7, 11) is 0. The van der Waals surface area contributed by atoms with Gasteiger partial charge in [0.1, 0.15) is 11.3 Å². The van der Waals surface area contributed by atoms with Gasteiger partial charge in [-0.3, -0.25) is 9.69 Å². The number of fused-ring (bicyclic) bond motifs is 1. The Hall–Kier alpha value is -1.95. The molecule has 0 unspecified atom stereocenters. The van der Waals surface area contributed by atoms with Crippen molar-refractivity contribution in [3.63, 3.8) is 0 Å². The number of nitrogens with zero attached hydrogens (tertiary/aromatic N) is 2. The molecule has 1 aromatic heterocycles. The van der Waals surface area contributed by atoms with Gasteiger partial charge in [0.15, 0.2) is 10.3 Å². The fourth-order valence-corrected chi connectivity index (χ4v) is 4.07. The highest BCUT2D eigenvalue weighted by Gasteiger charge is 2.19. The lowest BCUT2D eigenvalue weighted by molar-refractivity contribution is 0.0926. The van der Waals surface area contributed by atoms with Crippen LogP contribution in [-0.2, 0) is 6.54 Å². The second-order valence-electron chi connectivity index (χ2n) is 6.25. The van der Waals surface area contributed by atoms with E-state index in [2.05, 4.69) is 28.9 Å². The lowest BCUT2D eigenvalue weighted by Gasteiger charge is -2.21. The Kier molecular flexibility index (Phi) is 6.25. The summed E-state index contributed by atoms with van der Waals surface area (Å²) in [5.74, 6) is 0.0641. The average Bonchev–Trinajstić information content (AvgIpc) is 3.03. The molecule has 0 aliphatic carbocycles. The van der Waals surface area contributed by atoms with Crippen LogP contribution >= 0.6 is 22.9 Å². The van der Waals surface area contributed by atoms with Gasteiger partial charge in [0, 0.05) is 12.1 Å². The fraction of sp³-hybridized carbons (Fsp3) is 0.300. The third-order valence-electron chi connectivity index (χ3n) is 4.24. The Morgan fingerprint density at radius 2 is 2.00 bits per heavy atom. The topological polar surface area (TPSA) is 53.4 Å². The molecule has 0 saturated carbocycles. The van der Waals surface area contributed by atoms with Crippen LogP contribution in [0.3, 0.4) is 0 Å². The summed E-state index contributed by atoms with van der Waals surface area (Å²) in [5, 5.41) is 9.95. The molecule has 136 valence electrons. The van der Waals surface area contributed by atoms with E-state index in [1.807, 2.05) is 18.2 Å². The lowest BCUT2D eigenvalue weighted by Crippen LogP contribution is -2.30. The number of Topliss-reactive ketones (excluding diaryl/α,β-unsaturated/α-hetero) is 1. The lowest BCUT2D eigenvalue weighted by atomic mass is 10.1. The number of phenolic OH excluding ortho intramolecular Hbond substituents is 1. The number of aromatic nitrogens is 1. The maximum Gasteiger partial charge on any atom is 0.184 e. The molecule has 0 fully saturated rings. The monoisotopic (exact) mass is 388 g/mol. The molecule has 2 aromatic carbocycles. The maximum atomic E-state index is 13.0. The number of benzene rings is 2. The van der Waals surface area contributed by atoms with Crippen LogP contribution in [0.15, 0.2) is 42.5 Å². The normalized spacial score (nSPS) is 11.3. The van der Waals surface area contributed by atoms with Crippen molar-refractivity contribution < 1.29 is 9.90 Å². The Labute approximate surface area is 162 Å². The number of hydrogen-bond donors (Lipinski definition) is 1. The van der Waals surface area contributed by atoms with Crippen LogP contribution in [0.1, 0.15) is 35.7 Å². The fourth-order valence-electron chi connectivity index (χ4n) is 2.91. The van der Waals surface area contributed by atoms with Crippen molar-refractivity contribution in [1.29, 1.82) is 0 Å². The van der Waals surface area contributed by atoms with Crippen molar-refractivity contribution in [2.45, 2.75) is 26.3 Å². The number of rotatable bonds is 8. The standard InChI is InChI=1S/C20H21ClN2O2S/c1-2-3-11-23(12-14-7-5-4-6-8-14)13-17(25)15-9-10-16(24)18-19(15)26-20(21)22-18/h4-10,24H,2-3,11-13H2,1H3. The smallest absolute Gasteiger partial charge is 0.184 e. The van der Waals surface area contributed by atoms with E-state index in [0.29, 0.717) is 26.8 Å². The quantitative estimate of drug-likeness (QED) is 0.543. The molecular formula is C20H21ClN2O2S. The van der Waals surface area contributed by atoms with Crippen LogP contribution < -0.4 is 0 Å². The summed E-state index contributed by atoms with van der Waals surface area (Å²) in [6.07, 6.45) is 2.12. The summed E-state index contributed by atoms with van der Waals surface area (Å²) in [6, 6.07) is 13.3. The van der Waals surface area contributed by atoms with E-state index in [0.717, 1.165) is 25.9 Å². The minimum atomic E-state index is 0.0161. The Bertz CT molecular complexity index is 895. The van der Waals surface area contributed by atoms with Crippen LogP contribution in [0.4, 0.5) is 0 Å². The molecule has 1 heterocycles. The van der Waals surface area contributed by atoms with Crippen molar-refractivity contribution in [2.75, 3.05) is 13.1 Å². The van der Waals surface area contributed by atoms with E-state index >= 15 is 0 Å². The van der Waals surface area contributed by atoms with Gasteiger partial charge in [-0.1, -0.05) is 55.3 Å². The van der Waals surface area contributed by atoms with Crippen LogP contribution in [0.2, 0.25) is 4.47 Å². The van der Waals surface area contributed by atoms with E-state index < -0.39 is 0 Å². The second-order valence-corrected chi connectivity index (χ2v) is 7.83. The molecule has 4 nitrogen and oxygen atoms in total. The van der Waals surface area contributed by atoms with Crippen LogP contribution in [0.5, 0.6) is 5.75 Å². The van der Waals surface area contributed by atoms with Crippen LogP contribution in [0.25, 0.3) is 10.2 Å². The molecule has 0 amide bonds. The number of aromatic hydroxyl groups is 1. The van der Waals surface area contributed by atoms with E-state index in [9.17, 15) is 9.90 Å². The number of carbonyl (C=O) groups excluding carboxylic acids is 1. The Morgan fingerprint density at radius 3 is 2.73 bits per heavy atom. The van der Waals surface area contributed by atoms with E-state index in [1.54, 1.807) is 6.07 Å². The molecule has 6 heteroatoms. The molecule has 1 N–H and O–H groups in total. The van der Waals surface area contributed by atoms with Gasteiger partial charge < -0.3 is 5.11 Å². The molecule has 0 atom stereocenters. The summed E-state index contributed by atoms with van der Waals surface area (Å²) in [6.45, 7) is 4.06. The first-order valence-corrected chi connectivity index (χ1v) is 9.85. The van der Waals surface area contributed by atoms with Crippen molar-refractivity contribution >= 4 is 38.9 Å². The average molecular weight is 389 g/mol. The van der Waals surface area contributed by atoms with Gasteiger partial charge in [-0.05, 0) is 30.7 Å². The van der Waals surface area contributed by atoms with Gasteiger partial charge in [0.25, 0.3) is 0 Å². The maximum absolute atomic E-state index is 13.0. The summed E-state index contributed by atoms with van der Waals surface area (Å²) in [4.78, 5) is 19.2. The molecule has 26 heavy (non-hydrogen) atoms. The number of phenols is 1. The highest BCUT2D eigenvalue weighted by Crippen LogP contribution is 2.34. The zero-order valence-corrected chi connectivity index (χ0v) is 16.2. The summed E-state index contributed by atoms with van der Waals surface area (Å²) >= 11 is 7.21. The highest BCUT2D eigenvalue weighted by atomic mass is 35.5. The molecule has 0 aliphatic heterocycles. The van der Waals surface area contributed by atoms with E-state index in [-0.39, 0.29) is 11.5 Å². The number of ketones is 1. The van der Waals surface area contributed by atoms with Gasteiger partial charge in [0.2, 0.25) is 0 Å².